The molecule has 0 aliphatic carbocycles. The molecule has 0 spiro atoms. The van der Waals surface area contributed by atoms with Gasteiger partial charge in [-0.15, -0.1) is 10.2 Å². The zero-order valence-electron chi connectivity index (χ0n) is 13.5. The van der Waals surface area contributed by atoms with E-state index in [0.717, 1.165) is 18.4 Å². The van der Waals surface area contributed by atoms with E-state index in [9.17, 15) is 4.79 Å². The van der Waals surface area contributed by atoms with Crippen LogP contribution in [0.4, 0.5) is 0 Å². The zero-order chi connectivity index (χ0) is 16.8. The average Bonchev–Trinajstić information content (AvgIpc) is 3.05. The summed E-state index contributed by atoms with van der Waals surface area (Å²) in [6.45, 7) is 1.36. The molecule has 1 N–H and O–H groups in total. The van der Waals surface area contributed by atoms with E-state index in [1.165, 1.54) is 0 Å². The SMILES string of the molecule is COCCCCNC(=O)c1ccc(-c2nnc3ncccn23)cc1. The maximum absolute atomic E-state index is 12.1. The van der Waals surface area contributed by atoms with Gasteiger partial charge >= 0.3 is 0 Å². The largest absolute Gasteiger partial charge is 0.385 e. The van der Waals surface area contributed by atoms with Gasteiger partial charge in [-0.2, -0.15) is 0 Å². The molecule has 3 aromatic rings. The van der Waals surface area contributed by atoms with Gasteiger partial charge in [0.2, 0.25) is 0 Å². The van der Waals surface area contributed by atoms with Crippen molar-refractivity contribution in [3.8, 4) is 11.4 Å². The van der Waals surface area contributed by atoms with Gasteiger partial charge in [-0.05, 0) is 31.0 Å². The first-order chi connectivity index (χ1) is 11.8. The molecule has 24 heavy (non-hydrogen) atoms. The molecule has 0 bridgehead atoms. The second kappa shape index (κ2) is 7.65. The van der Waals surface area contributed by atoms with Crippen molar-refractivity contribution >= 4 is 11.7 Å². The highest BCUT2D eigenvalue weighted by molar-refractivity contribution is 5.94. The smallest absolute Gasteiger partial charge is 0.255 e. The Morgan fingerprint density at radius 3 is 2.83 bits per heavy atom. The lowest BCUT2D eigenvalue weighted by molar-refractivity contribution is 0.0951. The Bertz CT molecular complexity index is 813. The summed E-state index contributed by atoms with van der Waals surface area (Å²) in [5, 5.41) is 11.1. The lowest BCUT2D eigenvalue weighted by atomic mass is 10.1. The van der Waals surface area contributed by atoms with Crippen molar-refractivity contribution in [2.75, 3.05) is 20.3 Å². The molecule has 0 saturated carbocycles. The van der Waals surface area contributed by atoms with Crippen molar-refractivity contribution in [3.63, 3.8) is 0 Å². The Morgan fingerprint density at radius 2 is 2.04 bits per heavy atom. The van der Waals surface area contributed by atoms with Gasteiger partial charge in [0, 0.05) is 43.8 Å². The number of nitrogens with one attached hydrogen (secondary N) is 1. The molecule has 1 amide bonds. The number of amides is 1. The quantitative estimate of drug-likeness (QED) is 0.672. The lowest BCUT2D eigenvalue weighted by Gasteiger charge is -2.06. The predicted molar refractivity (Wildman–Crippen MR) is 89.7 cm³/mol. The Morgan fingerprint density at radius 1 is 1.21 bits per heavy atom. The summed E-state index contributed by atoms with van der Waals surface area (Å²) in [7, 11) is 1.68. The second-order valence-electron chi connectivity index (χ2n) is 5.35. The van der Waals surface area contributed by atoms with Crippen LogP contribution >= 0.6 is 0 Å². The van der Waals surface area contributed by atoms with Crippen LogP contribution in [0.5, 0.6) is 0 Å². The highest BCUT2D eigenvalue weighted by atomic mass is 16.5. The molecule has 124 valence electrons. The first kappa shape index (κ1) is 16.1. The fourth-order valence-electron chi connectivity index (χ4n) is 2.39. The van der Waals surface area contributed by atoms with Crippen LogP contribution in [-0.2, 0) is 4.74 Å². The number of aromatic nitrogens is 4. The fraction of sp³-hybridized carbons (Fsp3) is 0.294. The number of nitrogens with zero attached hydrogens (tertiary/aromatic N) is 4. The van der Waals surface area contributed by atoms with Crippen LogP contribution in [0.15, 0.2) is 42.7 Å². The molecule has 3 rings (SSSR count). The van der Waals surface area contributed by atoms with Gasteiger partial charge in [0.25, 0.3) is 11.7 Å². The van der Waals surface area contributed by atoms with Crippen LogP contribution < -0.4 is 5.32 Å². The standard InChI is InChI=1S/C17H19N5O2/c1-24-12-3-2-9-18-16(23)14-7-5-13(6-8-14)15-20-21-17-19-10-4-11-22(15)17/h4-8,10-11H,2-3,9,12H2,1H3,(H,18,23). The Labute approximate surface area is 139 Å². The van der Waals surface area contributed by atoms with E-state index in [4.69, 9.17) is 4.74 Å². The maximum Gasteiger partial charge on any atom is 0.255 e. The van der Waals surface area contributed by atoms with Crippen LogP contribution in [0.3, 0.4) is 0 Å². The van der Waals surface area contributed by atoms with Crippen LogP contribution in [0, 0.1) is 0 Å². The number of unbranched alkanes of at least 4 members (excludes halogenated alkanes) is 1. The van der Waals surface area contributed by atoms with Crippen LogP contribution in [0.2, 0.25) is 0 Å². The molecule has 0 atom stereocenters. The first-order valence-electron chi connectivity index (χ1n) is 7.83. The van der Waals surface area contributed by atoms with Crippen molar-refractivity contribution < 1.29 is 9.53 Å². The Balaban J connectivity index is 1.66. The highest BCUT2D eigenvalue weighted by Crippen LogP contribution is 2.18. The van der Waals surface area contributed by atoms with Crippen molar-refractivity contribution in [2.45, 2.75) is 12.8 Å². The highest BCUT2D eigenvalue weighted by Gasteiger charge is 2.10. The molecule has 0 saturated heterocycles. The molecule has 0 fully saturated rings. The maximum atomic E-state index is 12.1. The molecule has 0 aliphatic rings. The van der Waals surface area contributed by atoms with E-state index < -0.39 is 0 Å². The van der Waals surface area contributed by atoms with Crippen molar-refractivity contribution in [1.29, 1.82) is 0 Å². The van der Waals surface area contributed by atoms with Gasteiger partial charge in [-0.3, -0.25) is 9.20 Å². The summed E-state index contributed by atoms with van der Waals surface area (Å²) in [6.07, 6.45) is 5.37. The van der Waals surface area contributed by atoms with Gasteiger partial charge in [-0.1, -0.05) is 12.1 Å². The summed E-state index contributed by atoms with van der Waals surface area (Å²) in [5.74, 6) is 1.17. The fourth-order valence-corrected chi connectivity index (χ4v) is 2.39. The number of methoxy groups -OCH3 is 1. The summed E-state index contributed by atoms with van der Waals surface area (Å²) < 4.78 is 6.79. The number of hydrogen-bond donors (Lipinski definition) is 1. The Hall–Kier alpha value is -2.80. The average molecular weight is 325 g/mol. The molecule has 2 aromatic heterocycles. The van der Waals surface area contributed by atoms with E-state index >= 15 is 0 Å². The van der Waals surface area contributed by atoms with Crippen molar-refractivity contribution in [1.82, 2.24) is 24.9 Å². The van der Waals surface area contributed by atoms with E-state index in [-0.39, 0.29) is 5.91 Å². The second-order valence-corrected chi connectivity index (χ2v) is 5.35. The molecular weight excluding hydrogens is 306 g/mol. The lowest BCUT2D eigenvalue weighted by Crippen LogP contribution is -2.24. The molecule has 1 aromatic carbocycles. The third-order valence-electron chi connectivity index (χ3n) is 3.66. The first-order valence-corrected chi connectivity index (χ1v) is 7.83. The summed E-state index contributed by atoms with van der Waals surface area (Å²) in [4.78, 5) is 16.2. The number of hydrogen-bond acceptors (Lipinski definition) is 5. The predicted octanol–water partition coefficient (Wildman–Crippen LogP) is 1.95. The molecule has 2 heterocycles. The molecule has 0 radical (unpaired) electrons. The normalized spacial score (nSPS) is 10.9. The number of rotatable bonds is 7. The number of carbonyl (C=O) groups is 1. The third kappa shape index (κ3) is 3.57. The van der Waals surface area contributed by atoms with Gasteiger partial charge in [0.05, 0.1) is 0 Å². The number of benzene rings is 1. The van der Waals surface area contributed by atoms with Gasteiger partial charge in [-0.25, -0.2) is 4.98 Å². The molecular formula is C17H19N5O2. The minimum atomic E-state index is -0.0771. The van der Waals surface area contributed by atoms with Gasteiger partial charge < -0.3 is 10.1 Å². The summed E-state index contributed by atoms with van der Waals surface area (Å²) in [5.41, 5.74) is 1.50. The van der Waals surface area contributed by atoms with E-state index in [1.54, 1.807) is 25.4 Å². The summed E-state index contributed by atoms with van der Waals surface area (Å²) in [6, 6.07) is 9.13. The third-order valence-corrected chi connectivity index (χ3v) is 3.66. The minimum absolute atomic E-state index is 0.0771. The van der Waals surface area contributed by atoms with Crippen LogP contribution in [0.1, 0.15) is 23.2 Å². The van der Waals surface area contributed by atoms with Gasteiger partial charge in [0.1, 0.15) is 0 Å². The van der Waals surface area contributed by atoms with E-state index in [1.807, 2.05) is 28.8 Å². The van der Waals surface area contributed by atoms with Gasteiger partial charge in [0.15, 0.2) is 5.82 Å². The van der Waals surface area contributed by atoms with E-state index in [2.05, 4.69) is 20.5 Å². The molecule has 7 heteroatoms. The van der Waals surface area contributed by atoms with Crippen LogP contribution in [-0.4, -0.2) is 45.8 Å². The number of fused-ring (bicyclic) bond motifs is 1. The zero-order valence-corrected chi connectivity index (χ0v) is 13.5. The van der Waals surface area contributed by atoms with Crippen LogP contribution in [0.25, 0.3) is 17.2 Å². The summed E-state index contributed by atoms with van der Waals surface area (Å²) >= 11 is 0. The number of ether oxygens (including phenoxy) is 1. The minimum Gasteiger partial charge on any atom is -0.385 e. The van der Waals surface area contributed by atoms with Crippen molar-refractivity contribution in [2.24, 2.45) is 0 Å². The monoisotopic (exact) mass is 325 g/mol. The van der Waals surface area contributed by atoms with Crippen molar-refractivity contribution in [3.05, 3.63) is 48.3 Å². The Kier molecular flexibility index (Phi) is 5.12. The topological polar surface area (TPSA) is 81.4 Å². The molecule has 0 aliphatic heterocycles. The molecule has 0 unspecified atom stereocenters. The number of carbonyl (C=O) groups excluding carboxylic acids is 1. The molecule has 7 nitrogen and oxygen atoms in total. The van der Waals surface area contributed by atoms with E-state index in [0.29, 0.717) is 30.3 Å².